The molecule has 0 saturated carbocycles. The van der Waals surface area contributed by atoms with Crippen molar-refractivity contribution in [1.29, 1.82) is 0 Å². The van der Waals surface area contributed by atoms with E-state index >= 15 is 0 Å². The van der Waals surface area contributed by atoms with Crippen molar-refractivity contribution in [3.63, 3.8) is 0 Å². The third kappa shape index (κ3) is 23.9. The van der Waals surface area contributed by atoms with E-state index in [0.29, 0.717) is 0 Å². The Labute approximate surface area is 203 Å². The minimum Gasteiger partial charge on any atom is -1.00 e. The van der Waals surface area contributed by atoms with Gasteiger partial charge in [0.25, 0.3) is 0 Å². The first kappa shape index (κ1) is 49.5. The molecule has 0 spiro atoms. The summed E-state index contributed by atoms with van der Waals surface area (Å²) in [6.45, 7) is 8.67. The van der Waals surface area contributed by atoms with Gasteiger partial charge in [0, 0.05) is 0 Å². The number of hydrogen-bond acceptors (Lipinski definition) is 2. The van der Waals surface area contributed by atoms with Crippen molar-refractivity contribution in [2.24, 2.45) is 0 Å². The molecule has 2 unspecified atom stereocenters. The second kappa shape index (κ2) is 30.6. The normalized spacial score (nSPS) is 9.40. The number of halogens is 6. The first-order chi connectivity index (χ1) is 6.02. The molecule has 0 saturated heterocycles. The van der Waals surface area contributed by atoms with Crippen LogP contribution in [0.5, 0.6) is 0 Å². The summed E-state index contributed by atoms with van der Waals surface area (Å²) >= 11 is 10.1. The van der Waals surface area contributed by atoms with E-state index in [0.717, 1.165) is 7.25 Å². The van der Waals surface area contributed by atoms with Crippen LogP contribution in [0.15, 0.2) is 0 Å². The second-order valence-electron chi connectivity index (χ2n) is 3.31. The predicted octanol–water partition coefficient (Wildman–Crippen LogP) is -13.7. The Bertz CT molecular complexity index is 190. The van der Waals surface area contributed by atoms with Crippen molar-refractivity contribution >= 4 is 34.2 Å². The summed E-state index contributed by atoms with van der Waals surface area (Å²) in [7, 11) is 0. The van der Waals surface area contributed by atoms with E-state index in [-0.39, 0.29) is 101 Å². The van der Waals surface area contributed by atoms with E-state index in [9.17, 15) is 0 Å². The Balaban J connectivity index is -0.0000000343. The van der Waals surface area contributed by atoms with Gasteiger partial charge in [-0.05, 0) is 0 Å². The van der Waals surface area contributed by atoms with Gasteiger partial charge < -0.3 is 74.4 Å². The van der Waals surface area contributed by atoms with E-state index in [1.54, 1.807) is 0 Å². The van der Waals surface area contributed by atoms with Gasteiger partial charge in [0.1, 0.15) is 0 Å². The van der Waals surface area contributed by atoms with E-state index in [1.807, 2.05) is 0 Å². The molecule has 0 fully saturated rings. The smallest absolute Gasteiger partial charge is 1.00 e. The van der Waals surface area contributed by atoms with E-state index in [2.05, 4.69) is 27.7 Å². The van der Waals surface area contributed by atoms with Crippen LogP contribution in [0.3, 0.4) is 0 Å². The van der Waals surface area contributed by atoms with Crippen LogP contribution in [0.25, 0.3) is 0 Å². The molecule has 10 heteroatoms. The molecule has 20 heavy (non-hydrogen) atoms. The summed E-state index contributed by atoms with van der Waals surface area (Å²) in [4.78, 5) is 2.42. The molecule has 0 radical (unpaired) electrons. The third-order valence-corrected chi connectivity index (χ3v) is 9.91. The summed E-state index contributed by atoms with van der Waals surface area (Å²) in [5.74, 6) is 0. The molecule has 0 aliphatic rings. The molecule has 0 heterocycles. The molecule has 0 aliphatic heterocycles. The van der Waals surface area contributed by atoms with Crippen molar-refractivity contribution < 1.29 is 124 Å². The van der Waals surface area contributed by atoms with E-state index in [1.165, 1.54) is 22.6 Å². The van der Waals surface area contributed by atoms with Gasteiger partial charge in [0.2, 0.25) is 0 Å². The minimum absolute atomic E-state index is 0. The van der Waals surface area contributed by atoms with Crippen molar-refractivity contribution in [2.45, 2.75) is 47.8 Å². The van der Waals surface area contributed by atoms with Crippen molar-refractivity contribution in [3.05, 3.63) is 0 Å². The summed E-state index contributed by atoms with van der Waals surface area (Å²) in [6, 6.07) is 0. The van der Waals surface area contributed by atoms with Gasteiger partial charge in [-0.15, -0.1) is 0 Å². The summed E-state index contributed by atoms with van der Waals surface area (Å²) in [6.07, 6.45) is 2.45. The van der Waals surface area contributed by atoms with Gasteiger partial charge in [-0.3, -0.25) is 0 Å². The van der Waals surface area contributed by atoms with Crippen LogP contribution in [-0.2, 0) is 49.4 Å². The predicted molar refractivity (Wildman–Crippen MR) is 64.6 cm³/mol. The summed E-state index contributed by atoms with van der Waals surface area (Å²) < 4.78 is 1.50. The Kier molecular flexibility index (Phi) is 75.7. The minimum atomic E-state index is -0.427. The molecule has 0 aromatic carbocycles. The quantitative estimate of drug-likeness (QED) is 0.280. The van der Waals surface area contributed by atoms with Crippen LogP contribution >= 0.6 is 24.4 Å². The fourth-order valence-electron chi connectivity index (χ4n) is 1.29. The molecule has 120 valence electrons. The number of hydrogen-bond donors (Lipinski definition) is 0. The fourth-order valence-corrected chi connectivity index (χ4v) is 5.93. The SMILES string of the molecule is CC[CH]([Zr+2][CH](CC)C(C)=S)C(C)=S.[Cl-].[Cl-].[Cl-].[Cl-].[Cl-].[Cl-].[Zr+4]. The molecular formula is C10H18Cl6S2Zr2. The van der Waals surface area contributed by atoms with Gasteiger partial charge in [0.05, 0.1) is 0 Å². The third-order valence-electron chi connectivity index (χ3n) is 2.20. The van der Waals surface area contributed by atoms with Gasteiger partial charge in [-0.2, -0.15) is 0 Å². The summed E-state index contributed by atoms with van der Waals surface area (Å²) in [5.41, 5.74) is 0. The van der Waals surface area contributed by atoms with Crippen LogP contribution in [-0.4, -0.2) is 9.73 Å². The van der Waals surface area contributed by atoms with Crippen LogP contribution in [0.1, 0.15) is 40.5 Å². The zero-order chi connectivity index (χ0) is 10.4. The largest absolute Gasteiger partial charge is 4.00 e. The first-order valence-electron chi connectivity index (χ1n) is 4.79. The Morgan fingerprint density at radius 1 is 0.750 bits per heavy atom. The molecule has 0 aromatic rings. The monoisotopic (exact) mass is 592 g/mol. The number of thiocarbonyl (C=S) groups is 2. The molecule has 0 rings (SSSR count). The second-order valence-corrected chi connectivity index (χ2v) is 8.84. The Hall–Kier alpha value is 3.69. The Morgan fingerprint density at radius 2 is 0.950 bits per heavy atom. The van der Waals surface area contributed by atoms with Gasteiger partial charge in [-0.25, -0.2) is 0 Å². The van der Waals surface area contributed by atoms with Crippen molar-refractivity contribution in [1.82, 2.24) is 0 Å². The van der Waals surface area contributed by atoms with Crippen molar-refractivity contribution in [3.8, 4) is 0 Å². The maximum atomic E-state index is 5.27. The van der Waals surface area contributed by atoms with Crippen molar-refractivity contribution in [2.75, 3.05) is 0 Å². The van der Waals surface area contributed by atoms with Crippen LogP contribution in [0.4, 0.5) is 0 Å². The van der Waals surface area contributed by atoms with Gasteiger partial charge in [0.15, 0.2) is 0 Å². The van der Waals surface area contributed by atoms with Gasteiger partial charge in [-0.1, -0.05) is 0 Å². The molecule has 0 N–H and O–H groups in total. The van der Waals surface area contributed by atoms with Crippen LogP contribution < -0.4 is 74.4 Å². The molecule has 0 bridgehead atoms. The van der Waals surface area contributed by atoms with Crippen LogP contribution in [0.2, 0.25) is 7.25 Å². The molecule has 0 amide bonds. The van der Waals surface area contributed by atoms with Crippen LogP contribution in [0, 0.1) is 0 Å². The maximum absolute atomic E-state index is 5.27. The zero-order valence-electron chi connectivity index (χ0n) is 11.7. The molecule has 0 aliphatic carbocycles. The first-order valence-corrected chi connectivity index (χ1v) is 8.45. The van der Waals surface area contributed by atoms with Gasteiger partial charge >= 0.3 is 131 Å². The zero-order valence-corrected chi connectivity index (χ0v) is 22.7. The standard InChI is InChI=1S/2C5H9S.6ClH.2Zr/c2*1-3-4-5(2)6;;;;;;;;/h2*4H,3H2,1-2H3;6*1H;;/q;;;;;;;;+2;+4/p-6. The van der Waals surface area contributed by atoms with E-state index < -0.39 is 23.2 Å². The van der Waals surface area contributed by atoms with E-state index in [4.69, 9.17) is 24.4 Å². The average Bonchev–Trinajstić information content (AvgIpc) is 2.05. The number of rotatable bonds is 6. The molecular weight excluding hydrogens is 579 g/mol. The molecule has 0 nitrogen and oxygen atoms in total. The summed E-state index contributed by atoms with van der Waals surface area (Å²) in [5, 5.41) is 0. The Morgan fingerprint density at radius 3 is 1.05 bits per heavy atom. The molecule has 0 aromatic heterocycles. The average molecular weight is 598 g/mol. The maximum Gasteiger partial charge on any atom is 4.00 e. The fraction of sp³-hybridized carbons (Fsp3) is 0.800. The topological polar surface area (TPSA) is 0 Å². The molecule has 2 atom stereocenters.